The Kier molecular flexibility index (Phi) is 8.85. The molecule has 1 aromatic heterocycles. The second-order valence-electron chi connectivity index (χ2n) is 12.4. The molecule has 4 aromatic rings. The fraction of sp³-hybridized carbons (Fsp3) is 0.378. The molecule has 1 aliphatic carbocycles. The summed E-state index contributed by atoms with van der Waals surface area (Å²) in [6.45, 7) is 10.9. The molecule has 1 fully saturated rings. The van der Waals surface area contributed by atoms with Gasteiger partial charge in [-0.1, -0.05) is 68.4 Å². The normalized spacial score (nSPS) is 16.1. The number of aryl methyl sites for hydroxylation is 1. The van der Waals surface area contributed by atoms with Gasteiger partial charge in [-0.25, -0.2) is 9.97 Å². The highest BCUT2D eigenvalue weighted by molar-refractivity contribution is 5.92. The smallest absolute Gasteiger partial charge is 0.228 e. The molecule has 3 aromatic carbocycles. The number of hydrogen-bond acceptors (Lipinski definition) is 5. The Morgan fingerprint density at radius 1 is 1.00 bits per heavy atom. The number of fused-ring (bicyclic) bond motifs is 3. The van der Waals surface area contributed by atoms with E-state index in [4.69, 9.17) is 4.98 Å². The van der Waals surface area contributed by atoms with Gasteiger partial charge in [0, 0.05) is 29.9 Å². The molecule has 6 heteroatoms. The number of benzene rings is 3. The third-order valence-corrected chi connectivity index (χ3v) is 9.02. The van der Waals surface area contributed by atoms with E-state index in [9.17, 15) is 4.79 Å². The van der Waals surface area contributed by atoms with E-state index in [-0.39, 0.29) is 11.8 Å². The standard InChI is InChI=1S/C37H43N5O/c1-25(2)30-13-8-10-26(3)33(30)23-35(43)40-29-16-14-27(15-17-29)34-22-28-24-39-37(38-18-9-21-42-19-6-7-20-42)41-36(28)32-12-5-4-11-31(32)34/h4-5,8,10-17,24-25,34H,6-7,9,18-23H2,1-3H3,(H,40,43)(H,38,39,41). The molecule has 43 heavy (non-hydrogen) atoms. The van der Waals surface area contributed by atoms with Crippen molar-refractivity contribution in [2.75, 3.05) is 36.8 Å². The highest BCUT2D eigenvalue weighted by Crippen LogP contribution is 2.42. The van der Waals surface area contributed by atoms with Gasteiger partial charge in [-0.15, -0.1) is 0 Å². The maximum Gasteiger partial charge on any atom is 0.228 e. The number of aromatic nitrogens is 2. The molecule has 0 bridgehead atoms. The summed E-state index contributed by atoms with van der Waals surface area (Å²) in [6.07, 6.45) is 6.98. The molecule has 6 nitrogen and oxygen atoms in total. The van der Waals surface area contributed by atoms with E-state index >= 15 is 0 Å². The molecular weight excluding hydrogens is 530 g/mol. The van der Waals surface area contributed by atoms with Crippen molar-refractivity contribution in [1.82, 2.24) is 14.9 Å². The maximum atomic E-state index is 13.0. The van der Waals surface area contributed by atoms with E-state index in [1.807, 2.05) is 18.3 Å². The zero-order valence-electron chi connectivity index (χ0n) is 25.7. The average Bonchev–Trinajstić information content (AvgIpc) is 3.54. The Morgan fingerprint density at radius 2 is 1.79 bits per heavy atom. The van der Waals surface area contributed by atoms with E-state index in [1.165, 1.54) is 53.7 Å². The quantitative estimate of drug-likeness (QED) is 0.194. The number of likely N-dealkylation sites (tertiary alicyclic amines) is 1. The van der Waals surface area contributed by atoms with E-state index in [0.717, 1.165) is 48.4 Å². The predicted molar refractivity (Wildman–Crippen MR) is 176 cm³/mol. The Hall–Kier alpha value is -4.03. The van der Waals surface area contributed by atoms with Crippen molar-refractivity contribution < 1.29 is 4.79 Å². The Bertz CT molecular complexity index is 1570. The summed E-state index contributed by atoms with van der Waals surface area (Å²) in [5.41, 5.74) is 10.2. The SMILES string of the molecule is Cc1cccc(C(C)C)c1CC(=O)Nc1ccc(C2Cc3cnc(NCCCN4CCCC4)nc3-c3ccccc32)cc1. The number of amides is 1. The first-order valence-electron chi connectivity index (χ1n) is 15.9. The van der Waals surface area contributed by atoms with Crippen LogP contribution in [0.4, 0.5) is 11.6 Å². The highest BCUT2D eigenvalue weighted by Gasteiger charge is 2.27. The minimum absolute atomic E-state index is 0.0125. The molecule has 2 aliphatic rings. The molecule has 1 unspecified atom stereocenters. The van der Waals surface area contributed by atoms with E-state index in [0.29, 0.717) is 18.3 Å². The lowest BCUT2D eigenvalue weighted by molar-refractivity contribution is -0.115. The lowest BCUT2D eigenvalue weighted by atomic mass is 9.78. The zero-order valence-corrected chi connectivity index (χ0v) is 25.7. The van der Waals surface area contributed by atoms with Crippen LogP contribution < -0.4 is 10.6 Å². The molecule has 1 amide bonds. The minimum Gasteiger partial charge on any atom is -0.354 e. The van der Waals surface area contributed by atoms with Crippen LogP contribution in [0.1, 0.15) is 78.3 Å². The van der Waals surface area contributed by atoms with Gasteiger partial charge in [-0.05, 0) is 104 Å². The van der Waals surface area contributed by atoms with Crippen LogP contribution in [0, 0.1) is 6.92 Å². The number of carbonyl (C=O) groups is 1. The van der Waals surface area contributed by atoms with Crippen LogP contribution in [0.15, 0.2) is 72.9 Å². The van der Waals surface area contributed by atoms with Crippen molar-refractivity contribution in [2.45, 2.75) is 64.7 Å². The summed E-state index contributed by atoms with van der Waals surface area (Å²) in [7, 11) is 0. The molecule has 1 atom stereocenters. The molecule has 0 saturated carbocycles. The lowest BCUT2D eigenvalue weighted by Gasteiger charge is -2.27. The second kappa shape index (κ2) is 13.1. The van der Waals surface area contributed by atoms with Gasteiger partial charge in [0.05, 0.1) is 12.1 Å². The number of nitrogens with one attached hydrogen (secondary N) is 2. The van der Waals surface area contributed by atoms with Gasteiger partial charge in [0.1, 0.15) is 0 Å². The monoisotopic (exact) mass is 573 g/mol. The molecule has 2 heterocycles. The van der Waals surface area contributed by atoms with Gasteiger partial charge in [-0.3, -0.25) is 4.79 Å². The summed E-state index contributed by atoms with van der Waals surface area (Å²) >= 11 is 0. The molecule has 1 aliphatic heterocycles. The Labute approximate surface area is 256 Å². The Morgan fingerprint density at radius 3 is 2.58 bits per heavy atom. The molecule has 0 radical (unpaired) electrons. The topological polar surface area (TPSA) is 70.2 Å². The third kappa shape index (κ3) is 6.65. The van der Waals surface area contributed by atoms with Crippen LogP contribution >= 0.6 is 0 Å². The van der Waals surface area contributed by atoms with Crippen molar-refractivity contribution in [3.63, 3.8) is 0 Å². The molecule has 2 N–H and O–H groups in total. The number of carbonyl (C=O) groups excluding carboxylic acids is 1. The van der Waals surface area contributed by atoms with Crippen LogP contribution in [0.2, 0.25) is 0 Å². The average molecular weight is 574 g/mol. The Balaban J connectivity index is 1.13. The van der Waals surface area contributed by atoms with E-state index in [2.05, 4.69) is 95.9 Å². The van der Waals surface area contributed by atoms with Crippen molar-refractivity contribution in [2.24, 2.45) is 0 Å². The molecule has 0 spiro atoms. The summed E-state index contributed by atoms with van der Waals surface area (Å²) < 4.78 is 0. The summed E-state index contributed by atoms with van der Waals surface area (Å²) in [4.78, 5) is 25.2. The van der Waals surface area contributed by atoms with Crippen LogP contribution in [-0.4, -0.2) is 47.0 Å². The minimum atomic E-state index is 0.0125. The molecule has 1 saturated heterocycles. The maximum absolute atomic E-state index is 13.0. The van der Waals surface area contributed by atoms with Gasteiger partial charge < -0.3 is 15.5 Å². The zero-order chi connectivity index (χ0) is 29.8. The van der Waals surface area contributed by atoms with Gasteiger partial charge in [-0.2, -0.15) is 0 Å². The lowest BCUT2D eigenvalue weighted by Crippen LogP contribution is -2.22. The van der Waals surface area contributed by atoms with Crippen molar-refractivity contribution in [3.05, 3.63) is 106 Å². The second-order valence-corrected chi connectivity index (χ2v) is 12.4. The molecule has 6 rings (SSSR count). The van der Waals surface area contributed by atoms with E-state index in [1.54, 1.807) is 0 Å². The largest absolute Gasteiger partial charge is 0.354 e. The first kappa shape index (κ1) is 29.1. The van der Waals surface area contributed by atoms with Crippen molar-refractivity contribution >= 4 is 17.5 Å². The fourth-order valence-electron chi connectivity index (χ4n) is 6.70. The van der Waals surface area contributed by atoms with Crippen LogP contribution in [0.25, 0.3) is 11.3 Å². The first-order chi connectivity index (χ1) is 21.0. The van der Waals surface area contributed by atoms with Crippen LogP contribution in [0.5, 0.6) is 0 Å². The summed E-state index contributed by atoms with van der Waals surface area (Å²) in [6, 6.07) is 23.2. The van der Waals surface area contributed by atoms with Crippen LogP contribution in [0.3, 0.4) is 0 Å². The summed E-state index contributed by atoms with van der Waals surface area (Å²) in [5, 5.41) is 6.58. The number of nitrogens with zero attached hydrogens (tertiary/aromatic N) is 3. The first-order valence-corrected chi connectivity index (χ1v) is 15.9. The van der Waals surface area contributed by atoms with Gasteiger partial charge in [0.2, 0.25) is 11.9 Å². The van der Waals surface area contributed by atoms with Crippen LogP contribution in [-0.2, 0) is 17.6 Å². The van der Waals surface area contributed by atoms with Crippen molar-refractivity contribution in [1.29, 1.82) is 0 Å². The van der Waals surface area contributed by atoms with E-state index < -0.39 is 0 Å². The predicted octanol–water partition coefficient (Wildman–Crippen LogP) is 7.34. The van der Waals surface area contributed by atoms with Crippen molar-refractivity contribution in [3.8, 4) is 11.3 Å². The van der Waals surface area contributed by atoms with Gasteiger partial charge in [0.15, 0.2) is 0 Å². The third-order valence-electron chi connectivity index (χ3n) is 9.02. The fourth-order valence-corrected chi connectivity index (χ4v) is 6.70. The number of rotatable bonds is 10. The van der Waals surface area contributed by atoms with Gasteiger partial charge in [0.25, 0.3) is 0 Å². The molecule has 222 valence electrons. The number of hydrogen-bond donors (Lipinski definition) is 2. The highest BCUT2D eigenvalue weighted by atomic mass is 16.1. The number of anilines is 2. The molecular formula is C37H43N5O. The van der Waals surface area contributed by atoms with Gasteiger partial charge >= 0.3 is 0 Å². The summed E-state index contributed by atoms with van der Waals surface area (Å²) in [5.74, 6) is 1.30.